The van der Waals surface area contributed by atoms with E-state index < -0.39 is 5.82 Å². The van der Waals surface area contributed by atoms with E-state index in [1.54, 1.807) is 0 Å². The van der Waals surface area contributed by atoms with Crippen LogP contribution in [0.1, 0.15) is 5.82 Å². The van der Waals surface area contributed by atoms with Gasteiger partial charge in [0.1, 0.15) is 18.4 Å². The Morgan fingerprint density at radius 2 is 2.37 bits per heavy atom. The van der Waals surface area contributed by atoms with Crippen LogP contribution in [0.15, 0.2) is 30.6 Å². The van der Waals surface area contributed by atoms with Crippen molar-refractivity contribution in [1.29, 1.82) is 5.26 Å². The van der Waals surface area contributed by atoms with Crippen molar-refractivity contribution >= 4 is 17.3 Å². The van der Waals surface area contributed by atoms with E-state index in [1.807, 2.05) is 6.07 Å². The largest absolute Gasteiger partial charge is 0.397 e. The Bertz CT molecular complexity index is 658. The lowest BCUT2D eigenvalue weighted by atomic mass is 10.2. The summed E-state index contributed by atoms with van der Waals surface area (Å²) in [6.45, 7) is -0.0697. The van der Waals surface area contributed by atoms with Crippen molar-refractivity contribution in [2.75, 3.05) is 11.1 Å². The fourth-order valence-electron chi connectivity index (χ4n) is 1.54. The summed E-state index contributed by atoms with van der Waals surface area (Å²) in [6, 6.07) is 5.55. The maximum absolute atomic E-state index is 12.8. The van der Waals surface area contributed by atoms with E-state index in [0.717, 1.165) is 6.07 Å². The standard InChI is InChI=1S/C12H10FN5O/c13-8-1-2-10(9(15)5-8)17-12(19)7-18-4-3-16-11(18)6-14/h1-5H,7,15H2,(H,17,19). The van der Waals surface area contributed by atoms with Crippen LogP contribution < -0.4 is 11.1 Å². The summed E-state index contributed by atoms with van der Waals surface area (Å²) in [5.74, 6) is -0.716. The molecule has 0 fully saturated rings. The lowest BCUT2D eigenvalue weighted by molar-refractivity contribution is -0.116. The zero-order chi connectivity index (χ0) is 13.8. The van der Waals surface area contributed by atoms with Gasteiger partial charge < -0.3 is 15.6 Å². The van der Waals surface area contributed by atoms with Crippen molar-refractivity contribution in [3.05, 3.63) is 42.2 Å². The number of halogens is 1. The van der Waals surface area contributed by atoms with Gasteiger partial charge in [0.05, 0.1) is 11.4 Å². The zero-order valence-corrected chi connectivity index (χ0v) is 9.80. The fourth-order valence-corrected chi connectivity index (χ4v) is 1.54. The molecule has 7 heteroatoms. The van der Waals surface area contributed by atoms with E-state index in [9.17, 15) is 9.18 Å². The van der Waals surface area contributed by atoms with E-state index in [-0.39, 0.29) is 24.0 Å². The van der Waals surface area contributed by atoms with Gasteiger partial charge >= 0.3 is 0 Å². The number of hydrogen-bond donors (Lipinski definition) is 2. The van der Waals surface area contributed by atoms with Gasteiger partial charge in [-0.3, -0.25) is 4.79 Å². The summed E-state index contributed by atoms with van der Waals surface area (Å²) in [7, 11) is 0. The number of imidazole rings is 1. The quantitative estimate of drug-likeness (QED) is 0.807. The second-order valence-corrected chi connectivity index (χ2v) is 3.77. The van der Waals surface area contributed by atoms with Gasteiger partial charge in [0.15, 0.2) is 0 Å². The second-order valence-electron chi connectivity index (χ2n) is 3.77. The zero-order valence-electron chi connectivity index (χ0n) is 9.80. The third kappa shape index (κ3) is 2.87. The van der Waals surface area contributed by atoms with Crippen molar-refractivity contribution < 1.29 is 9.18 Å². The molecule has 96 valence electrons. The Labute approximate surface area is 108 Å². The number of rotatable bonds is 3. The highest BCUT2D eigenvalue weighted by Gasteiger charge is 2.09. The summed E-state index contributed by atoms with van der Waals surface area (Å²) < 4.78 is 14.2. The van der Waals surface area contributed by atoms with Crippen LogP contribution in [0, 0.1) is 17.1 Å². The van der Waals surface area contributed by atoms with Crippen LogP contribution in [0.25, 0.3) is 0 Å². The molecule has 0 aliphatic carbocycles. The maximum atomic E-state index is 12.8. The normalized spacial score (nSPS) is 9.89. The molecule has 0 aliphatic rings. The molecule has 1 heterocycles. The second kappa shape index (κ2) is 5.18. The van der Waals surface area contributed by atoms with E-state index in [2.05, 4.69) is 10.3 Å². The lowest BCUT2D eigenvalue weighted by Gasteiger charge is -2.08. The number of carbonyl (C=O) groups excluding carboxylic acids is 1. The summed E-state index contributed by atoms with van der Waals surface area (Å²) in [6.07, 6.45) is 2.95. The predicted octanol–water partition coefficient (Wildman–Crippen LogP) is 1.11. The Morgan fingerprint density at radius 3 is 3.05 bits per heavy atom. The van der Waals surface area contributed by atoms with E-state index in [0.29, 0.717) is 5.69 Å². The third-order valence-corrected chi connectivity index (χ3v) is 2.42. The minimum atomic E-state index is -0.475. The first kappa shape index (κ1) is 12.6. The van der Waals surface area contributed by atoms with Crippen LogP contribution in [0.5, 0.6) is 0 Å². The van der Waals surface area contributed by atoms with Crippen molar-refractivity contribution in [3.8, 4) is 6.07 Å². The number of carbonyl (C=O) groups is 1. The average molecular weight is 259 g/mol. The van der Waals surface area contributed by atoms with E-state index in [4.69, 9.17) is 11.0 Å². The number of nitrogens with zero attached hydrogens (tertiary/aromatic N) is 3. The highest BCUT2D eigenvalue weighted by molar-refractivity contribution is 5.93. The number of anilines is 2. The molecule has 1 aromatic carbocycles. The topological polar surface area (TPSA) is 96.7 Å². The van der Waals surface area contributed by atoms with Gasteiger partial charge in [0.25, 0.3) is 0 Å². The monoisotopic (exact) mass is 259 g/mol. The molecule has 0 saturated heterocycles. The highest BCUT2D eigenvalue weighted by Crippen LogP contribution is 2.18. The van der Waals surface area contributed by atoms with Gasteiger partial charge in [-0.1, -0.05) is 0 Å². The van der Waals surface area contributed by atoms with Crippen LogP contribution >= 0.6 is 0 Å². The molecule has 19 heavy (non-hydrogen) atoms. The van der Waals surface area contributed by atoms with Gasteiger partial charge in [-0.15, -0.1) is 0 Å². The Hall–Kier alpha value is -2.88. The third-order valence-electron chi connectivity index (χ3n) is 2.42. The molecule has 0 spiro atoms. The lowest BCUT2D eigenvalue weighted by Crippen LogP contribution is -2.20. The minimum Gasteiger partial charge on any atom is -0.397 e. The molecule has 1 amide bonds. The van der Waals surface area contributed by atoms with Crippen molar-refractivity contribution in [2.45, 2.75) is 6.54 Å². The first-order valence-corrected chi connectivity index (χ1v) is 5.36. The Morgan fingerprint density at radius 1 is 1.58 bits per heavy atom. The van der Waals surface area contributed by atoms with Crippen LogP contribution in [-0.2, 0) is 11.3 Å². The van der Waals surface area contributed by atoms with Gasteiger partial charge in [0, 0.05) is 12.4 Å². The first-order valence-electron chi connectivity index (χ1n) is 5.36. The Kier molecular flexibility index (Phi) is 3.43. The maximum Gasteiger partial charge on any atom is 0.244 e. The molecular weight excluding hydrogens is 249 g/mol. The van der Waals surface area contributed by atoms with Gasteiger partial charge in [0.2, 0.25) is 11.7 Å². The van der Waals surface area contributed by atoms with Crippen LogP contribution in [0.4, 0.5) is 15.8 Å². The molecule has 0 unspecified atom stereocenters. The molecule has 2 aromatic rings. The molecule has 0 atom stereocenters. The summed E-state index contributed by atoms with van der Waals surface area (Å²) >= 11 is 0. The predicted molar refractivity (Wildman–Crippen MR) is 66.4 cm³/mol. The Balaban J connectivity index is 2.08. The van der Waals surface area contributed by atoms with Crippen LogP contribution in [0.3, 0.4) is 0 Å². The molecular formula is C12H10FN5O. The van der Waals surface area contributed by atoms with Gasteiger partial charge in [-0.2, -0.15) is 5.26 Å². The number of nitrogen functional groups attached to an aromatic ring is 1. The summed E-state index contributed by atoms with van der Waals surface area (Å²) in [5, 5.41) is 11.3. The molecule has 0 saturated carbocycles. The number of aromatic nitrogens is 2. The molecule has 0 radical (unpaired) electrons. The number of nitrogens with two attached hydrogens (primary N) is 1. The molecule has 1 aromatic heterocycles. The summed E-state index contributed by atoms with van der Waals surface area (Å²) in [5.41, 5.74) is 6.04. The number of benzene rings is 1. The van der Waals surface area contributed by atoms with Crippen molar-refractivity contribution in [1.82, 2.24) is 9.55 Å². The molecule has 0 aliphatic heterocycles. The van der Waals surface area contributed by atoms with Crippen molar-refractivity contribution in [3.63, 3.8) is 0 Å². The van der Waals surface area contributed by atoms with Crippen LogP contribution in [0.2, 0.25) is 0 Å². The molecule has 6 nitrogen and oxygen atoms in total. The smallest absolute Gasteiger partial charge is 0.244 e. The SMILES string of the molecule is N#Cc1nccn1CC(=O)Nc1ccc(F)cc1N. The molecule has 0 bridgehead atoms. The fraction of sp³-hybridized carbons (Fsp3) is 0.0833. The van der Waals surface area contributed by atoms with Gasteiger partial charge in [-0.25, -0.2) is 9.37 Å². The van der Waals surface area contributed by atoms with E-state index in [1.165, 1.54) is 29.1 Å². The van der Waals surface area contributed by atoms with Crippen molar-refractivity contribution in [2.24, 2.45) is 0 Å². The number of amides is 1. The minimum absolute atomic E-state index is 0.0697. The van der Waals surface area contributed by atoms with Gasteiger partial charge in [-0.05, 0) is 18.2 Å². The molecule has 3 N–H and O–H groups in total. The number of nitrogens with one attached hydrogen (secondary N) is 1. The highest BCUT2D eigenvalue weighted by atomic mass is 19.1. The number of nitriles is 1. The number of hydrogen-bond acceptors (Lipinski definition) is 4. The first-order chi connectivity index (χ1) is 9.10. The average Bonchev–Trinajstić information content (AvgIpc) is 2.80. The summed E-state index contributed by atoms with van der Waals surface area (Å²) in [4.78, 5) is 15.5. The van der Waals surface area contributed by atoms with Crippen LogP contribution in [-0.4, -0.2) is 15.5 Å². The van der Waals surface area contributed by atoms with E-state index >= 15 is 0 Å². The molecule has 2 rings (SSSR count).